The molecular formula is C22H18N8O2. The minimum atomic E-state index is -0.508. The van der Waals surface area contributed by atoms with Crippen LogP contribution in [0.2, 0.25) is 0 Å². The first-order valence-corrected chi connectivity index (χ1v) is 9.58. The van der Waals surface area contributed by atoms with Crippen LogP contribution in [0.1, 0.15) is 27.3 Å². The van der Waals surface area contributed by atoms with Crippen LogP contribution < -0.4 is 5.73 Å². The summed E-state index contributed by atoms with van der Waals surface area (Å²) in [5.41, 5.74) is 10.5. The lowest BCUT2D eigenvalue weighted by Gasteiger charge is -2.08. The molecule has 0 aliphatic carbocycles. The lowest BCUT2D eigenvalue weighted by Crippen LogP contribution is -2.08. The average Bonchev–Trinajstić information content (AvgIpc) is 3.27. The summed E-state index contributed by atoms with van der Waals surface area (Å²) in [6.45, 7) is 2.16. The van der Waals surface area contributed by atoms with Gasteiger partial charge in [0.15, 0.2) is 0 Å². The van der Waals surface area contributed by atoms with E-state index < -0.39 is 5.97 Å². The SMILES string of the molecule is COC(=O)c1cccc(Cn2cc(-c3cc(-c4cccc(C#N)c4C)nc(N)n3)nn2)n1. The van der Waals surface area contributed by atoms with Gasteiger partial charge in [-0.2, -0.15) is 5.26 Å². The Kier molecular flexibility index (Phi) is 5.55. The van der Waals surface area contributed by atoms with Crippen LogP contribution in [0.3, 0.4) is 0 Å². The molecule has 0 saturated carbocycles. The molecule has 0 bridgehead atoms. The fourth-order valence-corrected chi connectivity index (χ4v) is 3.21. The number of rotatable bonds is 5. The first-order valence-electron chi connectivity index (χ1n) is 9.58. The van der Waals surface area contributed by atoms with Crippen LogP contribution in [0.15, 0.2) is 48.7 Å². The normalized spacial score (nSPS) is 10.5. The van der Waals surface area contributed by atoms with Gasteiger partial charge in [0.1, 0.15) is 11.4 Å². The van der Waals surface area contributed by atoms with Crippen LogP contribution in [-0.2, 0) is 11.3 Å². The number of benzene rings is 1. The highest BCUT2D eigenvalue weighted by molar-refractivity contribution is 5.87. The molecule has 3 heterocycles. The molecule has 0 amide bonds. The van der Waals surface area contributed by atoms with E-state index in [2.05, 4.69) is 31.3 Å². The van der Waals surface area contributed by atoms with E-state index >= 15 is 0 Å². The van der Waals surface area contributed by atoms with Gasteiger partial charge in [-0.05, 0) is 36.8 Å². The van der Waals surface area contributed by atoms with Crippen LogP contribution in [0.25, 0.3) is 22.6 Å². The lowest BCUT2D eigenvalue weighted by molar-refractivity contribution is 0.0593. The van der Waals surface area contributed by atoms with Gasteiger partial charge in [-0.15, -0.1) is 5.10 Å². The molecule has 0 atom stereocenters. The second-order valence-electron chi connectivity index (χ2n) is 6.89. The molecule has 10 nitrogen and oxygen atoms in total. The molecule has 0 saturated heterocycles. The molecule has 0 aliphatic heterocycles. The van der Waals surface area contributed by atoms with Gasteiger partial charge >= 0.3 is 5.97 Å². The van der Waals surface area contributed by atoms with E-state index in [-0.39, 0.29) is 11.6 Å². The summed E-state index contributed by atoms with van der Waals surface area (Å²) in [6, 6.07) is 14.4. The van der Waals surface area contributed by atoms with E-state index in [0.717, 1.165) is 11.1 Å². The number of ether oxygens (including phenoxy) is 1. The zero-order valence-electron chi connectivity index (χ0n) is 17.4. The number of hydrogen-bond acceptors (Lipinski definition) is 9. The molecule has 32 heavy (non-hydrogen) atoms. The molecule has 0 radical (unpaired) electrons. The van der Waals surface area contributed by atoms with Crippen molar-refractivity contribution >= 4 is 11.9 Å². The Morgan fingerprint density at radius 2 is 1.91 bits per heavy atom. The van der Waals surface area contributed by atoms with Crippen LogP contribution >= 0.6 is 0 Å². The van der Waals surface area contributed by atoms with Crippen LogP contribution in [0, 0.1) is 18.3 Å². The molecule has 158 valence electrons. The van der Waals surface area contributed by atoms with Crippen molar-refractivity contribution in [2.45, 2.75) is 13.5 Å². The van der Waals surface area contributed by atoms with Crippen LogP contribution in [0.4, 0.5) is 5.95 Å². The van der Waals surface area contributed by atoms with Crippen molar-refractivity contribution in [1.82, 2.24) is 29.9 Å². The summed E-state index contributed by atoms with van der Waals surface area (Å²) < 4.78 is 6.29. The number of nitrogens with zero attached hydrogens (tertiary/aromatic N) is 7. The number of hydrogen-bond donors (Lipinski definition) is 1. The number of esters is 1. The fraction of sp³-hybridized carbons (Fsp3) is 0.136. The van der Waals surface area contributed by atoms with Crippen molar-refractivity contribution < 1.29 is 9.53 Å². The second kappa shape index (κ2) is 8.61. The average molecular weight is 426 g/mol. The summed E-state index contributed by atoms with van der Waals surface area (Å²) >= 11 is 0. The fourth-order valence-electron chi connectivity index (χ4n) is 3.21. The number of nitrogens with two attached hydrogens (primary N) is 1. The third kappa shape index (κ3) is 4.13. The maximum absolute atomic E-state index is 11.7. The number of nitrogen functional groups attached to an aromatic ring is 1. The molecule has 4 aromatic rings. The van der Waals surface area contributed by atoms with E-state index in [1.54, 1.807) is 47.3 Å². The molecule has 4 rings (SSSR count). The molecular weight excluding hydrogens is 408 g/mol. The Hall–Kier alpha value is -4.65. The monoisotopic (exact) mass is 426 g/mol. The van der Waals surface area contributed by atoms with E-state index in [0.29, 0.717) is 34.9 Å². The maximum atomic E-state index is 11.7. The number of aromatic nitrogens is 6. The van der Waals surface area contributed by atoms with Gasteiger partial charge in [0.25, 0.3) is 0 Å². The standard InChI is InChI=1S/C22H18N8O2/c1-13-14(10-23)5-3-7-16(13)18-9-19(27-22(24)26-18)20-12-30(29-28-20)11-15-6-4-8-17(25-15)21(31)32-2/h3-9,12H,11H2,1-2H3,(H2,24,26,27). The number of anilines is 1. The van der Waals surface area contributed by atoms with Gasteiger partial charge in [0.05, 0.1) is 48.6 Å². The number of nitriles is 1. The van der Waals surface area contributed by atoms with Crippen molar-refractivity contribution in [3.8, 4) is 28.7 Å². The Bertz CT molecular complexity index is 1360. The summed E-state index contributed by atoms with van der Waals surface area (Å²) in [7, 11) is 1.31. The van der Waals surface area contributed by atoms with Gasteiger partial charge in [-0.25, -0.2) is 24.4 Å². The molecule has 0 spiro atoms. The quantitative estimate of drug-likeness (QED) is 0.475. The molecule has 1 aromatic carbocycles. The molecule has 0 fully saturated rings. The number of carbonyl (C=O) groups excluding carboxylic acids is 1. The molecule has 3 aromatic heterocycles. The van der Waals surface area contributed by atoms with Crippen molar-refractivity contribution in [3.05, 3.63) is 71.2 Å². The summed E-state index contributed by atoms with van der Waals surface area (Å²) in [5.74, 6) is -0.424. The van der Waals surface area contributed by atoms with E-state index in [1.807, 2.05) is 13.0 Å². The van der Waals surface area contributed by atoms with Crippen molar-refractivity contribution in [2.75, 3.05) is 12.8 Å². The first-order chi connectivity index (χ1) is 15.5. The predicted octanol–water partition coefficient (Wildman–Crippen LogP) is 2.39. The third-order valence-electron chi connectivity index (χ3n) is 4.80. The molecule has 10 heteroatoms. The highest BCUT2D eigenvalue weighted by Crippen LogP contribution is 2.27. The minimum absolute atomic E-state index is 0.0845. The Balaban J connectivity index is 1.64. The maximum Gasteiger partial charge on any atom is 0.356 e. The highest BCUT2D eigenvalue weighted by Gasteiger charge is 2.14. The molecule has 2 N–H and O–H groups in total. The highest BCUT2D eigenvalue weighted by atomic mass is 16.5. The second-order valence-corrected chi connectivity index (χ2v) is 6.89. The predicted molar refractivity (Wildman–Crippen MR) is 115 cm³/mol. The van der Waals surface area contributed by atoms with E-state index in [4.69, 9.17) is 10.5 Å². The lowest BCUT2D eigenvalue weighted by atomic mass is 10.00. The number of pyridine rings is 1. The van der Waals surface area contributed by atoms with Crippen molar-refractivity contribution in [2.24, 2.45) is 0 Å². The summed E-state index contributed by atoms with van der Waals surface area (Å²) in [5, 5.41) is 17.6. The minimum Gasteiger partial charge on any atom is -0.464 e. The zero-order valence-corrected chi connectivity index (χ0v) is 17.4. The topological polar surface area (TPSA) is 145 Å². The van der Waals surface area contributed by atoms with Crippen LogP contribution in [0.5, 0.6) is 0 Å². The summed E-state index contributed by atoms with van der Waals surface area (Å²) in [6.07, 6.45) is 1.70. The number of methoxy groups -OCH3 is 1. The van der Waals surface area contributed by atoms with Gasteiger partial charge < -0.3 is 10.5 Å². The summed E-state index contributed by atoms with van der Waals surface area (Å²) in [4.78, 5) is 24.6. The van der Waals surface area contributed by atoms with Crippen LogP contribution in [-0.4, -0.2) is 43.0 Å². The Morgan fingerprint density at radius 3 is 2.69 bits per heavy atom. The van der Waals surface area contributed by atoms with Crippen molar-refractivity contribution in [1.29, 1.82) is 5.26 Å². The molecule has 0 aliphatic rings. The van der Waals surface area contributed by atoms with Gasteiger partial charge in [0, 0.05) is 5.56 Å². The van der Waals surface area contributed by atoms with E-state index in [9.17, 15) is 10.1 Å². The van der Waals surface area contributed by atoms with Gasteiger partial charge in [-0.3, -0.25) is 0 Å². The smallest absolute Gasteiger partial charge is 0.356 e. The van der Waals surface area contributed by atoms with Gasteiger partial charge in [-0.1, -0.05) is 23.4 Å². The van der Waals surface area contributed by atoms with E-state index in [1.165, 1.54) is 7.11 Å². The third-order valence-corrected chi connectivity index (χ3v) is 4.80. The largest absolute Gasteiger partial charge is 0.464 e. The zero-order chi connectivity index (χ0) is 22.7. The first kappa shape index (κ1) is 20.6. The van der Waals surface area contributed by atoms with Crippen molar-refractivity contribution in [3.63, 3.8) is 0 Å². The Morgan fingerprint density at radius 1 is 1.12 bits per heavy atom. The molecule has 0 unspecified atom stereocenters. The van der Waals surface area contributed by atoms with Gasteiger partial charge in [0.2, 0.25) is 5.95 Å². The number of carbonyl (C=O) groups is 1. The Labute approximate surface area is 183 Å².